The van der Waals surface area contributed by atoms with Gasteiger partial charge in [-0.1, -0.05) is 174 Å². The lowest BCUT2D eigenvalue weighted by Crippen LogP contribution is -2.58. The number of carbonyl (C=O) groups excluding carboxylic acids is 3. The van der Waals surface area contributed by atoms with E-state index < -0.39 is 128 Å². The number of carbonyl (C=O) groups is 3. The number of hydrogen-bond donors (Lipinski definition) is 17. The lowest BCUT2D eigenvalue weighted by atomic mass is 9.87. The minimum absolute atomic E-state index is 0.0568. The third-order valence-corrected chi connectivity index (χ3v) is 16.8. The van der Waals surface area contributed by atoms with Gasteiger partial charge in [0.2, 0.25) is 5.91 Å². The number of ketones is 2. The molecule has 0 aromatic carbocycles. The number of Topliss-reactive ketones (excluding diaryl/α,β-unsaturated/α-hetero) is 2. The van der Waals surface area contributed by atoms with Crippen LogP contribution in [0.1, 0.15) is 144 Å². The van der Waals surface area contributed by atoms with Crippen LogP contribution in [0.3, 0.4) is 0 Å². The Balaban J connectivity index is 1.91. The monoisotopic (exact) mass is 1350 g/mol. The Morgan fingerprint density at radius 1 is 0.542 bits per heavy atom. The number of nitrogens with one attached hydrogen (secondary N) is 2. The molecule has 22 heteroatoms. The lowest BCUT2D eigenvalue weighted by Gasteiger charge is -2.42. The first-order chi connectivity index (χ1) is 45.6. The van der Waals surface area contributed by atoms with Crippen LogP contribution in [-0.4, -0.2) is 218 Å². The summed E-state index contributed by atoms with van der Waals surface area (Å²) in [5.41, 5.74) is 5.46. The summed E-state index contributed by atoms with van der Waals surface area (Å²) in [5, 5.41) is 155. The van der Waals surface area contributed by atoms with E-state index in [-0.39, 0.29) is 99.9 Å². The normalized spacial score (nSPS) is 24.2. The van der Waals surface area contributed by atoms with Crippen LogP contribution >= 0.6 is 0 Å². The van der Waals surface area contributed by atoms with Crippen LogP contribution in [0.5, 0.6) is 0 Å². The molecule has 2 rings (SSSR count). The quantitative estimate of drug-likeness (QED) is 0.0133. The standard InChI is InChI=1S/C74H119N3O19/c1-49(2)48-76-63(47-62(86)46-61(85)44-57(81)33-27-32-56(80)43-60(84)45-59(83)42-55(79)31-26-30-54(78)41-58(82)34-28-40-75)51(4)67(96-74-73(94)72(93)71(92)53(6)95-74)36-24-20-16-12-9-11-15-19-23-35-64(87)52(5)70(91)50(3)29-22-18-14-10-7-8-13-17-21-25-37-68(90)77-69-65(88)38-39-66(69)89/h7-13,15-17,19-27,29,31,33,35,37,49-64,67,69-74,76,78-87,91-94H,14,18,28,30,32,34,36,38-48,75H2,1-6H3,(H,77,90)/b10-7+,11-9?,13-8+,16-12?,19-15?,21-17?,24-20?,29-22?,31-26?,33-27?,35-23?,37-25?. The van der Waals surface area contributed by atoms with Crippen molar-refractivity contribution in [2.45, 2.75) is 260 Å². The van der Waals surface area contributed by atoms with Crippen molar-refractivity contribution < 1.29 is 95.3 Å². The smallest absolute Gasteiger partial charge is 0.244 e. The zero-order valence-corrected chi connectivity index (χ0v) is 57.2. The van der Waals surface area contributed by atoms with Crippen molar-refractivity contribution in [2.24, 2.45) is 29.4 Å². The molecule has 21 unspecified atom stereocenters. The maximum absolute atomic E-state index is 11.9. The third kappa shape index (κ3) is 38.4. The van der Waals surface area contributed by atoms with Gasteiger partial charge in [-0.25, -0.2) is 0 Å². The second-order valence-electron chi connectivity index (χ2n) is 26.1. The topological polar surface area (TPSA) is 403 Å². The Labute approximate surface area is 569 Å². The molecule has 1 saturated heterocycles. The van der Waals surface area contributed by atoms with E-state index in [0.717, 1.165) is 12.8 Å². The van der Waals surface area contributed by atoms with Crippen LogP contribution in [0.25, 0.3) is 0 Å². The minimum atomic E-state index is -1.56. The van der Waals surface area contributed by atoms with Crippen LogP contribution < -0.4 is 16.4 Å². The number of aliphatic hydroxyl groups excluding tert-OH is 14. The van der Waals surface area contributed by atoms with E-state index in [0.29, 0.717) is 32.4 Å². The van der Waals surface area contributed by atoms with Gasteiger partial charge in [-0.2, -0.15) is 0 Å². The Bertz CT molecular complexity index is 2510. The Morgan fingerprint density at radius 3 is 1.59 bits per heavy atom. The predicted octanol–water partition coefficient (Wildman–Crippen LogP) is 4.20. The van der Waals surface area contributed by atoms with Crippen LogP contribution in [0.2, 0.25) is 0 Å². The van der Waals surface area contributed by atoms with E-state index in [1.165, 1.54) is 30.4 Å². The maximum atomic E-state index is 11.9. The van der Waals surface area contributed by atoms with Gasteiger partial charge in [0, 0.05) is 49.6 Å². The molecular weight excluding hydrogens is 1230 g/mol. The molecular formula is C74H119N3O19. The first kappa shape index (κ1) is 87.1. The SMILES string of the molecule is CC(C)CNC(CC(O)CC(O)CC(O)C=CCC(O)CC(O)CC(O)CC(O)C=CCC(O)CC(O)CCCN)C(C)C(CC=CC=CC=CC=CC=CC(O)C(C)C(O)C(C)C=CCC/C=C/C=C/C=CC=CC(=O)NC1C(=O)CCC1=O)OC1OC(C)C(O)C(O)C1O. The van der Waals surface area contributed by atoms with Crippen molar-refractivity contribution in [2.75, 3.05) is 13.1 Å². The number of rotatable bonds is 49. The summed E-state index contributed by atoms with van der Waals surface area (Å²) in [6, 6.07) is -1.44. The van der Waals surface area contributed by atoms with Gasteiger partial charge in [0.05, 0.1) is 79.4 Å². The number of hydrogen-bond acceptors (Lipinski definition) is 21. The first-order valence-corrected chi connectivity index (χ1v) is 34.3. The van der Waals surface area contributed by atoms with Gasteiger partial charge in [-0.3, -0.25) is 14.4 Å². The second kappa shape index (κ2) is 50.3. The molecule has 1 amide bonds. The highest BCUT2D eigenvalue weighted by Gasteiger charge is 2.44. The highest BCUT2D eigenvalue weighted by Crippen LogP contribution is 2.29. The van der Waals surface area contributed by atoms with Crippen molar-refractivity contribution >= 4 is 17.5 Å². The number of aliphatic hydroxyl groups is 14. The summed E-state index contributed by atoms with van der Waals surface area (Å²) in [7, 11) is 0. The van der Waals surface area contributed by atoms with E-state index in [1.807, 2.05) is 88.5 Å². The number of allylic oxidation sites excluding steroid dienone is 16. The molecule has 0 aromatic rings. The van der Waals surface area contributed by atoms with Crippen LogP contribution in [-0.2, 0) is 23.9 Å². The molecule has 2 aliphatic rings. The fourth-order valence-electron chi connectivity index (χ4n) is 10.9. The van der Waals surface area contributed by atoms with E-state index in [1.54, 1.807) is 68.5 Å². The van der Waals surface area contributed by atoms with Gasteiger partial charge >= 0.3 is 0 Å². The maximum Gasteiger partial charge on any atom is 0.244 e. The van der Waals surface area contributed by atoms with Crippen molar-refractivity contribution in [1.82, 2.24) is 10.6 Å². The molecule has 2 fully saturated rings. The summed E-state index contributed by atoms with van der Waals surface area (Å²) in [6.45, 7) is 12.2. The van der Waals surface area contributed by atoms with Crippen molar-refractivity contribution in [3.8, 4) is 0 Å². The molecule has 22 nitrogen and oxygen atoms in total. The van der Waals surface area contributed by atoms with Crippen molar-refractivity contribution in [3.05, 3.63) is 146 Å². The Hall–Kier alpha value is -5.03. The minimum Gasteiger partial charge on any atom is -0.393 e. The zero-order chi connectivity index (χ0) is 71.5. The van der Waals surface area contributed by atoms with Crippen LogP contribution in [0.15, 0.2) is 146 Å². The molecule has 21 atom stereocenters. The van der Waals surface area contributed by atoms with E-state index >= 15 is 0 Å². The molecule has 18 N–H and O–H groups in total. The largest absolute Gasteiger partial charge is 0.393 e. The molecule has 96 heavy (non-hydrogen) atoms. The van der Waals surface area contributed by atoms with E-state index in [2.05, 4.69) is 10.6 Å². The van der Waals surface area contributed by atoms with Gasteiger partial charge in [-0.05, 0) is 109 Å². The Morgan fingerprint density at radius 2 is 1.03 bits per heavy atom. The predicted molar refractivity (Wildman–Crippen MR) is 372 cm³/mol. The molecule has 1 heterocycles. The number of ether oxygens (including phenoxy) is 2. The number of unbranched alkanes of at least 4 members (excludes halogenated alkanes) is 1. The Kier molecular flexibility index (Phi) is 45.6. The molecule has 0 aromatic heterocycles. The van der Waals surface area contributed by atoms with Gasteiger partial charge in [-0.15, -0.1) is 0 Å². The molecule has 1 saturated carbocycles. The molecule has 1 aliphatic carbocycles. The summed E-state index contributed by atoms with van der Waals surface area (Å²) in [6.07, 6.45) is 26.9. The van der Waals surface area contributed by atoms with E-state index in [9.17, 15) is 85.9 Å². The zero-order valence-electron chi connectivity index (χ0n) is 57.2. The average Bonchev–Trinajstić information content (AvgIpc) is 0.968. The van der Waals surface area contributed by atoms with Gasteiger partial charge in [0.15, 0.2) is 17.9 Å². The molecule has 0 spiro atoms. The highest BCUT2D eigenvalue weighted by atomic mass is 16.7. The second-order valence-corrected chi connectivity index (χ2v) is 26.1. The average molecular weight is 1350 g/mol. The summed E-state index contributed by atoms with van der Waals surface area (Å²) >= 11 is 0. The summed E-state index contributed by atoms with van der Waals surface area (Å²) in [5.74, 6) is -1.82. The molecule has 544 valence electrons. The molecule has 1 aliphatic heterocycles. The van der Waals surface area contributed by atoms with Gasteiger partial charge < -0.3 is 97.3 Å². The van der Waals surface area contributed by atoms with Gasteiger partial charge in [0.1, 0.15) is 24.4 Å². The molecule has 0 radical (unpaired) electrons. The van der Waals surface area contributed by atoms with Crippen LogP contribution in [0.4, 0.5) is 0 Å². The van der Waals surface area contributed by atoms with Gasteiger partial charge in [0.25, 0.3) is 0 Å². The fourth-order valence-corrected chi connectivity index (χ4v) is 10.9. The van der Waals surface area contributed by atoms with Crippen molar-refractivity contribution in [3.63, 3.8) is 0 Å². The van der Waals surface area contributed by atoms with Crippen molar-refractivity contribution in [1.29, 1.82) is 0 Å². The summed E-state index contributed by atoms with van der Waals surface area (Å²) < 4.78 is 12.3. The first-order valence-electron chi connectivity index (χ1n) is 34.3. The summed E-state index contributed by atoms with van der Waals surface area (Å²) in [4.78, 5) is 35.3. The number of amides is 1. The van der Waals surface area contributed by atoms with E-state index in [4.69, 9.17) is 15.2 Å². The fraction of sp³-hybridized carbons (Fsp3) is 0.635. The highest BCUT2D eigenvalue weighted by molar-refractivity contribution is 6.14. The lowest BCUT2D eigenvalue weighted by molar-refractivity contribution is -0.307. The third-order valence-electron chi connectivity index (χ3n) is 16.8. The molecule has 0 bridgehead atoms. The van der Waals surface area contributed by atoms with Crippen LogP contribution in [0, 0.1) is 23.7 Å². The number of nitrogens with two attached hydrogens (primary N) is 1.